The summed E-state index contributed by atoms with van der Waals surface area (Å²) in [4.78, 5) is 14.0. The molecule has 0 unspecified atom stereocenters. The molecule has 1 aliphatic heterocycles. The molecule has 0 atom stereocenters. The van der Waals surface area contributed by atoms with E-state index in [9.17, 15) is 18.0 Å². The van der Waals surface area contributed by atoms with Crippen molar-refractivity contribution in [3.63, 3.8) is 0 Å². The fourth-order valence-corrected chi connectivity index (χ4v) is 2.70. The number of hydrogen-bond acceptors (Lipinski definition) is 2. The van der Waals surface area contributed by atoms with E-state index in [2.05, 4.69) is 5.32 Å². The molecule has 1 fully saturated rings. The molecule has 1 saturated heterocycles. The van der Waals surface area contributed by atoms with E-state index in [0.717, 1.165) is 38.1 Å². The first-order chi connectivity index (χ1) is 10.4. The Labute approximate surface area is 140 Å². The molecular formula is C16H22ClF3N2O. The molecule has 1 aliphatic rings. The van der Waals surface area contributed by atoms with E-state index in [0.29, 0.717) is 19.0 Å². The third kappa shape index (κ3) is 5.39. The van der Waals surface area contributed by atoms with Gasteiger partial charge in [-0.05, 0) is 50.0 Å². The summed E-state index contributed by atoms with van der Waals surface area (Å²) >= 11 is 0. The minimum Gasteiger partial charge on any atom is -0.339 e. The van der Waals surface area contributed by atoms with Crippen molar-refractivity contribution in [3.8, 4) is 0 Å². The first kappa shape index (κ1) is 19.8. The van der Waals surface area contributed by atoms with Crippen LogP contribution >= 0.6 is 12.4 Å². The van der Waals surface area contributed by atoms with Crippen molar-refractivity contribution < 1.29 is 18.0 Å². The van der Waals surface area contributed by atoms with E-state index < -0.39 is 11.7 Å². The van der Waals surface area contributed by atoms with Gasteiger partial charge in [-0.3, -0.25) is 4.79 Å². The SMILES string of the molecule is CCNCC1CCN(C(=O)c2cccc(C(F)(F)F)c2)CC1.Cl. The van der Waals surface area contributed by atoms with Crippen LogP contribution in [-0.2, 0) is 6.18 Å². The van der Waals surface area contributed by atoms with Gasteiger partial charge >= 0.3 is 6.18 Å². The number of benzene rings is 1. The maximum atomic E-state index is 12.7. The number of hydrogen-bond donors (Lipinski definition) is 1. The Morgan fingerprint density at radius 2 is 1.96 bits per heavy atom. The fraction of sp³-hybridized carbons (Fsp3) is 0.562. The molecule has 1 aromatic carbocycles. The number of halogens is 4. The number of likely N-dealkylation sites (tertiary alicyclic amines) is 1. The first-order valence-corrected chi connectivity index (χ1v) is 7.59. The van der Waals surface area contributed by atoms with Gasteiger partial charge in [0.25, 0.3) is 5.91 Å². The second-order valence-electron chi connectivity index (χ2n) is 5.62. The summed E-state index contributed by atoms with van der Waals surface area (Å²) in [6, 6.07) is 4.66. The lowest BCUT2D eigenvalue weighted by atomic mass is 9.96. The highest BCUT2D eigenvalue weighted by Crippen LogP contribution is 2.30. The Morgan fingerprint density at radius 3 is 2.52 bits per heavy atom. The summed E-state index contributed by atoms with van der Waals surface area (Å²) in [6.07, 6.45) is -2.65. The molecule has 3 nitrogen and oxygen atoms in total. The van der Waals surface area contributed by atoms with Crippen molar-refractivity contribution in [2.75, 3.05) is 26.2 Å². The standard InChI is InChI=1S/C16H21F3N2O.ClH/c1-2-20-11-12-6-8-21(9-7-12)15(22)13-4-3-5-14(10-13)16(17,18)19;/h3-5,10,12,20H,2,6-9,11H2,1H3;1H. The van der Waals surface area contributed by atoms with Gasteiger partial charge in [-0.2, -0.15) is 13.2 Å². The van der Waals surface area contributed by atoms with Crippen molar-refractivity contribution in [1.29, 1.82) is 0 Å². The summed E-state index contributed by atoms with van der Waals surface area (Å²) in [5.41, 5.74) is -0.666. The molecule has 0 saturated carbocycles. The van der Waals surface area contributed by atoms with Gasteiger partial charge < -0.3 is 10.2 Å². The second kappa shape index (κ2) is 8.55. The molecule has 0 spiro atoms. The number of piperidine rings is 1. The van der Waals surface area contributed by atoms with Gasteiger partial charge in [-0.25, -0.2) is 0 Å². The zero-order chi connectivity index (χ0) is 16.2. The van der Waals surface area contributed by atoms with Crippen molar-refractivity contribution in [1.82, 2.24) is 10.2 Å². The molecule has 0 radical (unpaired) electrons. The maximum Gasteiger partial charge on any atom is 0.416 e. The van der Waals surface area contributed by atoms with Gasteiger partial charge in [0.2, 0.25) is 0 Å². The van der Waals surface area contributed by atoms with Crippen molar-refractivity contribution in [2.45, 2.75) is 25.9 Å². The molecule has 1 N–H and O–H groups in total. The van der Waals surface area contributed by atoms with Crippen LogP contribution in [0.4, 0.5) is 13.2 Å². The van der Waals surface area contributed by atoms with Crippen molar-refractivity contribution in [3.05, 3.63) is 35.4 Å². The van der Waals surface area contributed by atoms with Crippen LogP contribution in [0.15, 0.2) is 24.3 Å². The maximum absolute atomic E-state index is 12.7. The zero-order valence-electron chi connectivity index (χ0n) is 13.0. The van der Waals surface area contributed by atoms with Crippen LogP contribution in [0.3, 0.4) is 0 Å². The molecular weight excluding hydrogens is 329 g/mol. The normalized spacial score (nSPS) is 16.1. The van der Waals surface area contributed by atoms with E-state index in [1.165, 1.54) is 12.1 Å². The van der Waals surface area contributed by atoms with Crippen LogP contribution in [0.25, 0.3) is 0 Å². The number of nitrogens with one attached hydrogen (secondary N) is 1. The van der Waals surface area contributed by atoms with Crippen LogP contribution in [0, 0.1) is 5.92 Å². The van der Waals surface area contributed by atoms with E-state index in [1.807, 2.05) is 6.92 Å². The zero-order valence-corrected chi connectivity index (χ0v) is 13.8. The molecule has 1 amide bonds. The predicted octanol–water partition coefficient (Wildman–Crippen LogP) is 3.59. The number of rotatable bonds is 4. The van der Waals surface area contributed by atoms with Crippen LogP contribution in [0.1, 0.15) is 35.7 Å². The highest BCUT2D eigenvalue weighted by atomic mass is 35.5. The van der Waals surface area contributed by atoms with Gasteiger partial charge in [0.15, 0.2) is 0 Å². The molecule has 0 aromatic heterocycles. The highest BCUT2D eigenvalue weighted by Gasteiger charge is 2.31. The van der Waals surface area contributed by atoms with E-state index in [-0.39, 0.29) is 23.9 Å². The minimum atomic E-state index is -4.42. The number of amides is 1. The van der Waals surface area contributed by atoms with Crippen molar-refractivity contribution in [2.24, 2.45) is 5.92 Å². The molecule has 130 valence electrons. The number of alkyl halides is 3. The largest absolute Gasteiger partial charge is 0.416 e. The lowest BCUT2D eigenvalue weighted by Crippen LogP contribution is -2.40. The molecule has 1 heterocycles. The summed E-state index contributed by atoms with van der Waals surface area (Å²) in [7, 11) is 0. The lowest BCUT2D eigenvalue weighted by molar-refractivity contribution is -0.137. The summed E-state index contributed by atoms with van der Waals surface area (Å²) in [5, 5.41) is 3.29. The molecule has 2 rings (SSSR count). The minimum absolute atomic E-state index is 0. The quantitative estimate of drug-likeness (QED) is 0.900. The fourth-order valence-electron chi connectivity index (χ4n) is 2.70. The summed E-state index contributed by atoms with van der Waals surface area (Å²) < 4.78 is 38.1. The predicted molar refractivity (Wildman–Crippen MR) is 85.9 cm³/mol. The monoisotopic (exact) mass is 350 g/mol. The number of carbonyl (C=O) groups excluding carboxylic acids is 1. The van der Waals surface area contributed by atoms with Crippen LogP contribution in [0.5, 0.6) is 0 Å². The highest BCUT2D eigenvalue weighted by molar-refractivity contribution is 5.94. The Balaban J connectivity index is 0.00000264. The topological polar surface area (TPSA) is 32.3 Å². The molecule has 23 heavy (non-hydrogen) atoms. The van der Waals surface area contributed by atoms with Gasteiger partial charge in [-0.1, -0.05) is 13.0 Å². The Hall–Kier alpha value is -1.27. The van der Waals surface area contributed by atoms with Gasteiger partial charge in [0.05, 0.1) is 5.56 Å². The second-order valence-corrected chi connectivity index (χ2v) is 5.62. The Kier molecular flexibility index (Phi) is 7.35. The van der Waals surface area contributed by atoms with Crippen LogP contribution in [0.2, 0.25) is 0 Å². The Bertz CT molecular complexity index is 514. The average Bonchev–Trinajstić information content (AvgIpc) is 2.52. The number of carbonyl (C=O) groups is 1. The summed E-state index contributed by atoms with van der Waals surface area (Å²) in [5.74, 6) is 0.221. The number of nitrogens with zero attached hydrogens (tertiary/aromatic N) is 1. The van der Waals surface area contributed by atoms with Gasteiger partial charge in [0.1, 0.15) is 0 Å². The van der Waals surface area contributed by atoms with Gasteiger partial charge in [0, 0.05) is 18.7 Å². The third-order valence-corrected chi connectivity index (χ3v) is 4.02. The molecule has 7 heteroatoms. The first-order valence-electron chi connectivity index (χ1n) is 7.59. The molecule has 0 aliphatic carbocycles. The molecule has 0 bridgehead atoms. The van der Waals surface area contributed by atoms with Crippen LogP contribution in [-0.4, -0.2) is 37.0 Å². The summed E-state index contributed by atoms with van der Waals surface area (Å²) in [6.45, 7) is 5.11. The smallest absolute Gasteiger partial charge is 0.339 e. The van der Waals surface area contributed by atoms with Crippen molar-refractivity contribution >= 4 is 18.3 Å². The Morgan fingerprint density at radius 1 is 1.30 bits per heavy atom. The van der Waals surface area contributed by atoms with Crippen LogP contribution < -0.4 is 5.32 Å². The van der Waals surface area contributed by atoms with E-state index >= 15 is 0 Å². The lowest BCUT2D eigenvalue weighted by Gasteiger charge is -2.32. The third-order valence-electron chi connectivity index (χ3n) is 4.02. The molecule has 1 aromatic rings. The van der Waals surface area contributed by atoms with E-state index in [4.69, 9.17) is 0 Å². The van der Waals surface area contributed by atoms with E-state index in [1.54, 1.807) is 4.90 Å². The average molecular weight is 351 g/mol. The van der Waals surface area contributed by atoms with Gasteiger partial charge in [-0.15, -0.1) is 12.4 Å².